The monoisotopic (exact) mass is 1060 g/mol. The summed E-state index contributed by atoms with van der Waals surface area (Å²) in [6, 6.07) is 39.6. The molecule has 4 unspecified atom stereocenters. The lowest BCUT2D eigenvalue weighted by atomic mass is 10.0. The normalized spacial score (nSPS) is 17.2. The molecule has 0 bridgehead atoms. The van der Waals surface area contributed by atoms with Gasteiger partial charge in [0.2, 0.25) is 0 Å². The lowest BCUT2D eigenvalue weighted by Gasteiger charge is -2.47. The predicted molar refractivity (Wildman–Crippen MR) is 306 cm³/mol. The Labute approximate surface area is 411 Å². The van der Waals surface area contributed by atoms with E-state index in [1.807, 2.05) is 0 Å². The highest BCUT2D eigenvalue weighted by Crippen LogP contribution is 2.40. The topological polar surface area (TPSA) is 64.6 Å². The molecule has 0 radical (unpaired) electrons. The summed E-state index contributed by atoms with van der Waals surface area (Å²) in [4.78, 5) is 0. The van der Waals surface area contributed by atoms with E-state index in [1.165, 1.54) is 16.7 Å². The Hall–Kier alpha value is -0.451. The van der Waals surface area contributed by atoms with E-state index < -0.39 is 85.6 Å². The summed E-state index contributed by atoms with van der Waals surface area (Å²) >= 11 is 0. The van der Waals surface area contributed by atoms with Crippen molar-refractivity contribution >= 4 is 85.6 Å². The summed E-state index contributed by atoms with van der Waals surface area (Å²) in [5.74, 6) is 1.11. The van der Waals surface area contributed by atoms with Gasteiger partial charge in [-0.15, -0.1) is 0 Å². The fourth-order valence-corrected chi connectivity index (χ4v) is 56.2. The van der Waals surface area contributed by atoms with Crippen LogP contribution in [0.2, 0.25) is 154 Å². The Morgan fingerprint density at radius 1 is 0.385 bits per heavy atom. The smallest absolute Gasteiger partial charge is 0.460 e. The van der Waals surface area contributed by atoms with Crippen molar-refractivity contribution in [1.82, 2.24) is 0 Å². The highest BCUT2D eigenvalue weighted by Gasteiger charge is 2.54. The standard InChI is InChI=1S/C48H94O7Si10/c1-43(46-30-24-21-25-31-46)40-60(12,13)52-65(53-61(14,15)41-44(2)47-32-26-22-27-33-47,54-62(16,17)42-45(3)48-34-28-23-29-35-48)39-38-59(10,11)49-56-36-37-64(20,51-58(7,8)9)55-63(18,19)50-57(4,5)6/h21-35,43-45H,36-42,56H2,1-20H3. The van der Waals surface area contributed by atoms with Crippen molar-refractivity contribution in [1.29, 1.82) is 0 Å². The first-order valence-corrected chi connectivity index (χ1v) is 52.7. The van der Waals surface area contributed by atoms with Crippen LogP contribution in [0.25, 0.3) is 0 Å². The van der Waals surface area contributed by atoms with E-state index in [0.717, 1.165) is 42.3 Å². The molecule has 3 aromatic carbocycles. The molecular formula is C48H94O7Si10. The maximum atomic E-state index is 7.91. The minimum Gasteiger partial charge on any atom is -0.460 e. The Morgan fingerprint density at radius 2 is 0.723 bits per heavy atom. The van der Waals surface area contributed by atoms with Crippen LogP contribution in [0, 0.1) is 0 Å². The van der Waals surface area contributed by atoms with Crippen LogP contribution in [0.15, 0.2) is 91.0 Å². The second kappa shape index (κ2) is 24.1. The van der Waals surface area contributed by atoms with Crippen LogP contribution in [0.4, 0.5) is 0 Å². The molecule has 0 aliphatic carbocycles. The Kier molecular flexibility index (Phi) is 21.8. The first kappa shape index (κ1) is 58.9. The van der Waals surface area contributed by atoms with Crippen molar-refractivity contribution in [2.75, 3.05) is 0 Å². The zero-order valence-corrected chi connectivity index (χ0v) is 55.3. The van der Waals surface area contributed by atoms with Crippen molar-refractivity contribution in [2.24, 2.45) is 0 Å². The average molecular weight is 1060 g/mol. The van der Waals surface area contributed by atoms with Gasteiger partial charge < -0.3 is 28.8 Å². The van der Waals surface area contributed by atoms with E-state index in [9.17, 15) is 0 Å². The third kappa shape index (κ3) is 22.9. The van der Waals surface area contributed by atoms with Crippen molar-refractivity contribution in [3.05, 3.63) is 108 Å². The van der Waals surface area contributed by atoms with Crippen LogP contribution in [-0.4, -0.2) is 85.6 Å². The molecule has 17 heteroatoms. The minimum atomic E-state index is -3.34. The van der Waals surface area contributed by atoms with Crippen molar-refractivity contribution in [3.63, 3.8) is 0 Å². The fraction of sp³-hybridized carbons (Fsp3) is 0.625. The zero-order chi connectivity index (χ0) is 49.2. The van der Waals surface area contributed by atoms with Gasteiger partial charge in [0, 0.05) is 6.04 Å². The molecule has 65 heavy (non-hydrogen) atoms. The molecule has 0 saturated carbocycles. The summed E-state index contributed by atoms with van der Waals surface area (Å²) in [6.45, 7) is 46.8. The second-order valence-electron chi connectivity index (χ2n) is 24.1. The first-order valence-electron chi connectivity index (χ1n) is 24.6. The van der Waals surface area contributed by atoms with Gasteiger partial charge in [-0.25, -0.2) is 0 Å². The summed E-state index contributed by atoms with van der Waals surface area (Å²) in [7, 11) is -22.0. The maximum Gasteiger partial charge on any atom is 0.469 e. The largest absolute Gasteiger partial charge is 0.469 e. The van der Waals surface area contributed by atoms with Gasteiger partial charge in [0.25, 0.3) is 0 Å². The highest BCUT2D eigenvalue weighted by atomic mass is 28.5. The number of rotatable bonds is 29. The Balaban J connectivity index is 2.00. The molecule has 7 nitrogen and oxygen atoms in total. The van der Waals surface area contributed by atoms with Crippen LogP contribution in [-0.2, 0) is 28.8 Å². The lowest BCUT2D eigenvalue weighted by Crippen LogP contribution is -2.62. The molecule has 0 saturated heterocycles. The van der Waals surface area contributed by atoms with Gasteiger partial charge in [-0.3, -0.25) is 0 Å². The van der Waals surface area contributed by atoms with E-state index in [2.05, 4.69) is 223 Å². The minimum absolute atomic E-state index is 0.370. The van der Waals surface area contributed by atoms with Gasteiger partial charge in [-0.1, -0.05) is 112 Å². The first-order chi connectivity index (χ1) is 29.6. The average Bonchev–Trinajstić information content (AvgIpc) is 3.13. The second-order valence-corrected chi connectivity index (χ2v) is 62.9. The van der Waals surface area contributed by atoms with Crippen LogP contribution in [0.1, 0.15) is 55.2 Å². The molecule has 0 aromatic heterocycles. The van der Waals surface area contributed by atoms with Crippen molar-refractivity contribution < 1.29 is 28.8 Å². The summed E-state index contributed by atoms with van der Waals surface area (Å²) in [6.07, 6.45) is 0. The van der Waals surface area contributed by atoms with Crippen LogP contribution >= 0.6 is 0 Å². The van der Waals surface area contributed by atoms with E-state index in [1.54, 1.807) is 0 Å². The van der Waals surface area contributed by atoms with E-state index >= 15 is 0 Å². The van der Waals surface area contributed by atoms with Crippen LogP contribution < -0.4 is 0 Å². The summed E-state index contributed by atoms with van der Waals surface area (Å²) < 4.78 is 51.6. The summed E-state index contributed by atoms with van der Waals surface area (Å²) in [5.41, 5.74) is 4.10. The molecule has 3 aromatic rings. The van der Waals surface area contributed by atoms with E-state index in [0.29, 0.717) is 17.8 Å². The SMILES string of the molecule is CC(C[Si](C)(C)O[Si](CC[Si](C)(C)O[SiH2]CC[Si](C)(O[Si](C)(C)C)O[Si](C)(C)O[Si](C)(C)C)(O[Si](C)(C)CC(C)c1ccccc1)O[Si](C)(C)CC(C)c1ccccc1)c1ccccc1. The van der Waals surface area contributed by atoms with Gasteiger partial charge >= 0.3 is 25.9 Å². The van der Waals surface area contributed by atoms with Gasteiger partial charge in [-0.05, 0) is 182 Å². The van der Waals surface area contributed by atoms with Gasteiger partial charge in [0.1, 0.15) is 9.76 Å². The molecule has 0 N–H and O–H groups in total. The number of hydrogen-bond acceptors (Lipinski definition) is 7. The molecule has 0 spiro atoms. The van der Waals surface area contributed by atoms with Gasteiger partial charge in [0.15, 0.2) is 49.9 Å². The number of benzene rings is 3. The molecule has 0 heterocycles. The molecule has 0 aliphatic heterocycles. The molecule has 4 atom stereocenters. The third-order valence-electron chi connectivity index (χ3n) is 11.6. The highest BCUT2D eigenvalue weighted by molar-refractivity contribution is 6.92. The maximum absolute atomic E-state index is 7.91. The van der Waals surface area contributed by atoms with Gasteiger partial charge in [-0.2, -0.15) is 0 Å². The Bertz CT molecular complexity index is 1690. The van der Waals surface area contributed by atoms with E-state index in [-0.39, 0.29) is 0 Å². The predicted octanol–water partition coefficient (Wildman–Crippen LogP) is 15.2. The fourth-order valence-electron chi connectivity index (χ4n) is 9.83. The zero-order valence-electron chi connectivity index (χ0n) is 44.9. The Morgan fingerprint density at radius 3 is 1.05 bits per heavy atom. The third-order valence-corrected chi connectivity index (χ3v) is 48.4. The molecular weight excluding hydrogens is 969 g/mol. The van der Waals surface area contributed by atoms with Crippen molar-refractivity contribution in [2.45, 2.75) is 192 Å². The van der Waals surface area contributed by atoms with Crippen molar-refractivity contribution in [3.8, 4) is 0 Å². The summed E-state index contributed by atoms with van der Waals surface area (Å²) in [5, 5.41) is 0. The molecule has 0 fully saturated rings. The molecule has 368 valence electrons. The molecule has 3 rings (SSSR count). The molecule has 0 amide bonds. The molecule has 0 aliphatic rings. The van der Waals surface area contributed by atoms with Crippen LogP contribution in [0.3, 0.4) is 0 Å². The lowest BCUT2D eigenvalue weighted by molar-refractivity contribution is 0.246. The number of hydrogen-bond donors (Lipinski definition) is 0. The quantitative estimate of drug-likeness (QED) is 0.0507. The van der Waals surface area contributed by atoms with Crippen LogP contribution in [0.5, 0.6) is 0 Å². The van der Waals surface area contributed by atoms with E-state index in [4.69, 9.17) is 28.8 Å². The van der Waals surface area contributed by atoms with Gasteiger partial charge in [0.05, 0.1) is 0 Å².